The first kappa shape index (κ1) is 14.0. The third-order valence-corrected chi connectivity index (χ3v) is 4.41. The Kier molecular flexibility index (Phi) is 3.37. The van der Waals surface area contributed by atoms with Gasteiger partial charge in [-0.2, -0.15) is 5.10 Å². The van der Waals surface area contributed by atoms with E-state index >= 15 is 0 Å². The van der Waals surface area contributed by atoms with Crippen molar-refractivity contribution in [3.8, 4) is 0 Å². The molecule has 0 saturated heterocycles. The van der Waals surface area contributed by atoms with Crippen molar-refractivity contribution in [2.75, 3.05) is 11.4 Å². The molecule has 4 heteroatoms. The zero-order valence-electron chi connectivity index (χ0n) is 13.2. The molecule has 1 amide bonds. The van der Waals surface area contributed by atoms with Crippen molar-refractivity contribution in [3.05, 3.63) is 59.8 Å². The summed E-state index contributed by atoms with van der Waals surface area (Å²) in [6.45, 7) is 3.16. The van der Waals surface area contributed by atoms with Crippen molar-refractivity contribution in [2.24, 2.45) is 0 Å². The lowest BCUT2D eigenvalue weighted by atomic mass is 9.99. The Morgan fingerprint density at radius 2 is 2.09 bits per heavy atom. The van der Waals surface area contributed by atoms with E-state index in [0.29, 0.717) is 0 Å². The lowest BCUT2D eigenvalue weighted by molar-refractivity contribution is -0.119. The van der Waals surface area contributed by atoms with Crippen LogP contribution in [0.2, 0.25) is 0 Å². The summed E-state index contributed by atoms with van der Waals surface area (Å²) in [6, 6.07) is 14.3. The predicted octanol–water partition coefficient (Wildman–Crippen LogP) is 3.32. The van der Waals surface area contributed by atoms with Gasteiger partial charge in [-0.25, -0.2) is 0 Å². The third-order valence-electron chi connectivity index (χ3n) is 4.41. The van der Waals surface area contributed by atoms with Gasteiger partial charge in [0.2, 0.25) is 5.91 Å². The first-order valence-electron chi connectivity index (χ1n) is 8.03. The Labute approximate surface area is 135 Å². The molecule has 4 nitrogen and oxygen atoms in total. The van der Waals surface area contributed by atoms with E-state index in [0.717, 1.165) is 36.0 Å². The maximum absolute atomic E-state index is 12.8. The average molecular weight is 305 g/mol. The van der Waals surface area contributed by atoms with Gasteiger partial charge in [-0.05, 0) is 37.5 Å². The number of amides is 1. The van der Waals surface area contributed by atoms with Gasteiger partial charge in [0, 0.05) is 23.8 Å². The minimum Gasteiger partial charge on any atom is -0.311 e. The van der Waals surface area contributed by atoms with Gasteiger partial charge in [-0.1, -0.05) is 35.9 Å². The van der Waals surface area contributed by atoms with Gasteiger partial charge in [0.15, 0.2) is 0 Å². The highest BCUT2D eigenvalue weighted by atomic mass is 16.2. The molecular formula is C19H19N3O. The first-order chi connectivity index (χ1) is 11.2. The standard InChI is InChI=1S/C19H19N3O/c1-14-8-9-18-15(11-14)6-4-10-22(18)19(23)13-21-12-16-5-2-3-7-17(16)20-21/h2-3,5,7-9,11-12H,4,6,10,13H2,1H3. The number of carbonyl (C=O) groups is 1. The van der Waals surface area contributed by atoms with Gasteiger partial charge < -0.3 is 4.90 Å². The molecule has 0 atom stereocenters. The molecule has 0 spiro atoms. The summed E-state index contributed by atoms with van der Waals surface area (Å²) in [5, 5.41) is 5.55. The molecule has 23 heavy (non-hydrogen) atoms. The van der Waals surface area contributed by atoms with Gasteiger partial charge >= 0.3 is 0 Å². The number of aryl methyl sites for hydroxylation is 2. The SMILES string of the molecule is Cc1ccc2c(c1)CCCN2C(=O)Cn1cc2ccccc2n1. The van der Waals surface area contributed by atoms with E-state index in [1.807, 2.05) is 35.4 Å². The Balaban J connectivity index is 1.60. The number of aromatic nitrogens is 2. The molecule has 1 aliphatic heterocycles. The zero-order chi connectivity index (χ0) is 15.8. The smallest absolute Gasteiger partial charge is 0.248 e. The number of hydrogen-bond acceptors (Lipinski definition) is 2. The largest absolute Gasteiger partial charge is 0.311 e. The highest BCUT2D eigenvalue weighted by Gasteiger charge is 2.22. The fourth-order valence-corrected chi connectivity index (χ4v) is 3.31. The summed E-state index contributed by atoms with van der Waals surface area (Å²) >= 11 is 0. The average Bonchev–Trinajstić information content (AvgIpc) is 2.96. The van der Waals surface area contributed by atoms with E-state index in [-0.39, 0.29) is 12.5 Å². The van der Waals surface area contributed by atoms with Gasteiger partial charge in [0.25, 0.3) is 0 Å². The minimum absolute atomic E-state index is 0.0996. The predicted molar refractivity (Wildman–Crippen MR) is 91.6 cm³/mol. The number of benzene rings is 2. The lowest BCUT2D eigenvalue weighted by Gasteiger charge is -2.29. The summed E-state index contributed by atoms with van der Waals surface area (Å²) in [6.07, 6.45) is 4.00. The number of carbonyl (C=O) groups excluding carboxylic acids is 1. The van der Waals surface area contributed by atoms with Crippen LogP contribution in [0.5, 0.6) is 0 Å². The fourth-order valence-electron chi connectivity index (χ4n) is 3.31. The van der Waals surface area contributed by atoms with Crippen LogP contribution in [0, 0.1) is 6.92 Å². The highest BCUT2D eigenvalue weighted by molar-refractivity contribution is 5.94. The van der Waals surface area contributed by atoms with Crippen molar-refractivity contribution in [2.45, 2.75) is 26.3 Å². The molecule has 0 radical (unpaired) electrons. The number of rotatable bonds is 2. The van der Waals surface area contributed by atoms with Crippen LogP contribution < -0.4 is 4.90 Å². The van der Waals surface area contributed by atoms with E-state index in [1.165, 1.54) is 11.1 Å². The summed E-state index contributed by atoms with van der Waals surface area (Å²) in [5.74, 6) is 0.0996. The second kappa shape index (κ2) is 5.54. The Morgan fingerprint density at radius 3 is 2.96 bits per heavy atom. The van der Waals surface area contributed by atoms with Gasteiger partial charge in [-0.3, -0.25) is 9.48 Å². The molecule has 1 aromatic heterocycles. The first-order valence-corrected chi connectivity index (χ1v) is 8.03. The normalized spacial score (nSPS) is 14.0. The van der Waals surface area contributed by atoms with E-state index in [9.17, 15) is 4.79 Å². The summed E-state index contributed by atoms with van der Waals surface area (Å²) in [5.41, 5.74) is 4.50. The van der Waals surface area contributed by atoms with Crippen LogP contribution in [0.25, 0.3) is 10.9 Å². The zero-order valence-corrected chi connectivity index (χ0v) is 13.2. The highest BCUT2D eigenvalue weighted by Crippen LogP contribution is 2.28. The second-order valence-corrected chi connectivity index (χ2v) is 6.17. The molecule has 0 bridgehead atoms. The molecule has 0 fully saturated rings. The van der Waals surface area contributed by atoms with Crippen LogP contribution in [0.3, 0.4) is 0 Å². The number of nitrogens with zero attached hydrogens (tertiary/aromatic N) is 3. The second-order valence-electron chi connectivity index (χ2n) is 6.17. The number of anilines is 1. The molecule has 0 N–H and O–H groups in total. The summed E-state index contributed by atoms with van der Waals surface area (Å²) in [7, 11) is 0. The third kappa shape index (κ3) is 2.61. The quantitative estimate of drug-likeness (QED) is 0.728. The van der Waals surface area contributed by atoms with E-state index in [2.05, 4.69) is 30.2 Å². The van der Waals surface area contributed by atoms with Crippen LogP contribution in [-0.2, 0) is 17.8 Å². The van der Waals surface area contributed by atoms with Crippen molar-refractivity contribution in [1.29, 1.82) is 0 Å². The summed E-state index contributed by atoms with van der Waals surface area (Å²) < 4.78 is 1.75. The maximum Gasteiger partial charge on any atom is 0.248 e. The molecule has 0 unspecified atom stereocenters. The lowest BCUT2D eigenvalue weighted by Crippen LogP contribution is -2.37. The van der Waals surface area contributed by atoms with Crippen LogP contribution in [0.4, 0.5) is 5.69 Å². The van der Waals surface area contributed by atoms with Crippen molar-refractivity contribution in [1.82, 2.24) is 9.78 Å². The monoisotopic (exact) mass is 305 g/mol. The van der Waals surface area contributed by atoms with Crippen molar-refractivity contribution < 1.29 is 4.79 Å². The number of hydrogen-bond donors (Lipinski definition) is 0. The molecule has 1 aliphatic rings. The van der Waals surface area contributed by atoms with E-state index in [1.54, 1.807) is 4.68 Å². The summed E-state index contributed by atoms with van der Waals surface area (Å²) in [4.78, 5) is 14.7. The van der Waals surface area contributed by atoms with Crippen molar-refractivity contribution >= 4 is 22.5 Å². The van der Waals surface area contributed by atoms with Crippen LogP contribution in [0.1, 0.15) is 17.5 Å². The molecule has 2 heterocycles. The van der Waals surface area contributed by atoms with Crippen LogP contribution >= 0.6 is 0 Å². The molecule has 116 valence electrons. The van der Waals surface area contributed by atoms with E-state index < -0.39 is 0 Å². The maximum atomic E-state index is 12.8. The molecule has 0 saturated carbocycles. The molecular weight excluding hydrogens is 286 g/mol. The van der Waals surface area contributed by atoms with E-state index in [4.69, 9.17) is 0 Å². The Bertz CT molecular complexity index is 848. The molecule has 2 aromatic carbocycles. The van der Waals surface area contributed by atoms with Crippen molar-refractivity contribution in [3.63, 3.8) is 0 Å². The topological polar surface area (TPSA) is 38.1 Å². The molecule has 3 aromatic rings. The minimum atomic E-state index is 0.0996. The Hall–Kier alpha value is -2.62. The Morgan fingerprint density at radius 1 is 1.22 bits per heavy atom. The molecule has 4 rings (SSSR count). The fraction of sp³-hybridized carbons (Fsp3) is 0.263. The number of fused-ring (bicyclic) bond motifs is 2. The van der Waals surface area contributed by atoms with Gasteiger partial charge in [-0.15, -0.1) is 0 Å². The molecule has 0 aliphatic carbocycles. The van der Waals surface area contributed by atoms with Crippen LogP contribution in [-0.4, -0.2) is 22.2 Å². The van der Waals surface area contributed by atoms with Gasteiger partial charge in [0.05, 0.1) is 5.52 Å². The van der Waals surface area contributed by atoms with Crippen LogP contribution in [0.15, 0.2) is 48.7 Å². The van der Waals surface area contributed by atoms with Gasteiger partial charge in [0.1, 0.15) is 6.54 Å².